The van der Waals surface area contributed by atoms with Crippen LogP contribution in [0.25, 0.3) is 16.9 Å². The van der Waals surface area contributed by atoms with Crippen LogP contribution in [0, 0.1) is 0 Å². The molecule has 8 nitrogen and oxygen atoms in total. The fourth-order valence-electron chi connectivity index (χ4n) is 3.76. The molecular weight excluding hydrogens is 409 g/mol. The average Bonchev–Trinajstić information content (AvgIpc) is 3.26. The van der Waals surface area contributed by atoms with Gasteiger partial charge in [0.05, 0.1) is 5.69 Å². The number of aromatic nitrogens is 3. The number of halogens is 1. The minimum Gasteiger partial charge on any atom is -0.403 e. The molecule has 2 aromatic heterocycles. The minimum atomic E-state index is -0.772. The van der Waals surface area contributed by atoms with Gasteiger partial charge in [0.1, 0.15) is 12.0 Å². The first kappa shape index (κ1) is 21.6. The number of alkyl halides is 1. The van der Waals surface area contributed by atoms with E-state index in [1.807, 2.05) is 36.4 Å². The van der Waals surface area contributed by atoms with Gasteiger partial charge in [-0.3, -0.25) is 4.79 Å². The second-order valence-electron chi connectivity index (χ2n) is 7.75. The predicted molar refractivity (Wildman–Crippen MR) is 123 cm³/mol. The maximum absolute atomic E-state index is 13.7. The normalized spacial score (nSPS) is 14.8. The van der Waals surface area contributed by atoms with Gasteiger partial charge >= 0.3 is 0 Å². The van der Waals surface area contributed by atoms with Gasteiger partial charge in [0, 0.05) is 56.3 Å². The molecule has 1 aliphatic heterocycles. The van der Waals surface area contributed by atoms with Crippen molar-refractivity contribution in [3.8, 4) is 11.3 Å². The van der Waals surface area contributed by atoms with E-state index in [0.29, 0.717) is 50.4 Å². The van der Waals surface area contributed by atoms with Crippen LogP contribution in [0.1, 0.15) is 29.8 Å². The largest absolute Gasteiger partial charge is 0.403 e. The Morgan fingerprint density at radius 2 is 1.97 bits per heavy atom. The van der Waals surface area contributed by atoms with Crippen LogP contribution in [0.4, 0.5) is 10.2 Å². The molecule has 1 fully saturated rings. The second kappa shape index (κ2) is 10.1. The molecule has 0 radical (unpaired) electrons. The van der Waals surface area contributed by atoms with Crippen molar-refractivity contribution in [1.29, 1.82) is 0 Å². The lowest BCUT2D eigenvalue weighted by molar-refractivity contribution is 0.0948. The Morgan fingerprint density at radius 3 is 2.72 bits per heavy atom. The van der Waals surface area contributed by atoms with E-state index in [1.54, 1.807) is 16.8 Å². The zero-order chi connectivity index (χ0) is 22.3. The van der Waals surface area contributed by atoms with Gasteiger partial charge in [-0.15, -0.1) is 0 Å². The molecule has 0 spiro atoms. The van der Waals surface area contributed by atoms with Crippen LogP contribution in [0.5, 0.6) is 0 Å². The number of rotatable bonds is 8. The highest BCUT2D eigenvalue weighted by Gasteiger charge is 2.23. The molecule has 9 heteroatoms. The van der Waals surface area contributed by atoms with E-state index in [-0.39, 0.29) is 5.91 Å². The number of hydrogen-bond donors (Lipinski definition) is 3. The maximum atomic E-state index is 13.7. The van der Waals surface area contributed by atoms with Crippen LogP contribution in [0.3, 0.4) is 0 Å². The van der Waals surface area contributed by atoms with Gasteiger partial charge in [0.25, 0.3) is 5.91 Å². The molecule has 0 aliphatic carbocycles. The van der Waals surface area contributed by atoms with Crippen LogP contribution in [-0.4, -0.2) is 52.9 Å². The van der Waals surface area contributed by atoms with Crippen molar-refractivity contribution in [2.24, 2.45) is 5.73 Å². The lowest BCUT2D eigenvalue weighted by Crippen LogP contribution is -2.35. The third kappa shape index (κ3) is 4.99. The van der Waals surface area contributed by atoms with Crippen molar-refractivity contribution in [1.82, 2.24) is 25.2 Å². The highest BCUT2D eigenvalue weighted by molar-refractivity contribution is 5.93. The van der Waals surface area contributed by atoms with E-state index in [2.05, 4.69) is 20.6 Å². The lowest BCUT2D eigenvalue weighted by atomic mass is 10.1. The third-order valence-corrected chi connectivity index (χ3v) is 5.46. The van der Waals surface area contributed by atoms with E-state index in [1.165, 1.54) is 6.20 Å². The summed E-state index contributed by atoms with van der Waals surface area (Å²) in [4.78, 5) is 19.5. The van der Waals surface area contributed by atoms with Crippen LogP contribution < -0.4 is 21.3 Å². The first-order valence-corrected chi connectivity index (χ1v) is 10.9. The Kier molecular flexibility index (Phi) is 6.84. The van der Waals surface area contributed by atoms with E-state index in [9.17, 15) is 9.18 Å². The summed E-state index contributed by atoms with van der Waals surface area (Å²) in [5.74, 6) is 0.567. The molecule has 32 heavy (non-hydrogen) atoms. The van der Waals surface area contributed by atoms with Gasteiger partial charge in [0.2, 0.25) is 0 Å². The number of nitrogens with two attached hydrogens (primary N) is 1. The Labute approximate surface area is 186 Å². The zero-order valence-corrected chi connectivity index (χ0v) is 17.9. The fourth-order valence-corrected chi connectivity index (χ4v) is 3.76. The molecule has 0 unspecified atom stereocenters. The smallest absolute Gasteiger partial charge is 0.271 e. The quantitative estimate of drug-likeness (QED) is 0.468. The Balaban J connectivity index is 1.60. The van der Waals surface area contributed by atoms with Gasteiger partial charge in [0.15, 0.2) is 11.3 Å². The molecule has 1 saturated heterocycles. The number of benzene rings is 1. The minimum absolute atomic E-state index is 0.250. The number of amides is 1. The third-order valence-electron chi connectivity index (χ3n) is 5.46. The molecule has 1 aromatic carbocycles. The number of hydrogen-bond acceptors (Lipinski definition) is 6. The van der Waals surface area contributed by atoms with Gasteiger partial charge in [-0.05, 0) is 19.3 Å². The van der Waals surface area contributed by atoms with E-state index in [4.69, 9.17) is 10.7 Å². The molecule has 0 atom stereocenters. The highest BCUT2D eigenvalue weighted by Crippen LogP contribution is 2.27. The average molecular weight is 438 g/mol. The molecule has 4 N–H and O–H groups in total. The Morgan fingerprint density at radius 1 is 1.19 bits per heavy atom. The first-order valence-electron chi connectivity index (χ1n) is 10.9. The standard InChI is InChI=1S/C23H28FN7O/c24-18-7-13-30(14-8-18)22-16-19(17-5-2-1-3-6-17)28-21-15-20(29-31(21)22)23(32)27-11-4-10-26-12-9-25/h1-3,5-6,9,12,15-16,18,26H,4,7-8,10-11,13-14,25H2,(H,27,32)/b12-9-. The number of carbonyl (C=O) groups excluding carboxylic acids is 1. The van der Waals surface area contributed by atoms with Crippen molar-refractivity contribution in [2.75, 3.05) is 31.1 Å². The van der Waals surface area contributed by atoms with Gasteiger partial charge in [-0.25, -0.2) is 9.37 Å². The number of nitrogens with one attached hydrogen (secondary N) is 2. The van der Waals surface area contributed by atoms with Crippen molar-refractivity contribution in [3.63, 3.8) is 0 Å². The highest BCUT2D eigenvalue weighted by atomic mass is 19.1. The Bertz CT molecular complexity index is 1070. The monoisotopic (exact) mass is 437 g/mol. The summed E-state index contributed by atoms with van der Waals surface area (Å²) in [6, 6.07) is 13.5. The molecule has 168 valence electrons. The number of nitrogens with zero attached hydrogens (tertiary/aromatic N) is 4. The molecule has 0 saturated carbocycles. The van der Waals surface area contributed by atoms with Gasteiger partial charge in [-0.2, -0.15) is 9.61 Å². The zero-order valence-electron chi connectivity index (χ0n) is 17.9. The number of anilines is 1. The summed E-state index contributed by atoms with van der Waals surface area (Å²) in [7, 11) is 0. The van der Waals surface area contributed by atoms with Gasteiger partial charge < -0.3 is 21.3 Å². The summed E-state index contributed by atoms with van der Waals surface area (Å²) >= 11 is 0. The first-order chi connectivity index (χ1) is 15.7. The van der Waals surface area contributed by atoms with Crippen molar-refractivity contribution >= 4 is 17.4 Å². The fraction of sp³-hybridized carbons (Fsp3) is 0.348. The van der Waals surface area contributed by atoms with Crippen molar-refractivity contribution in [2.45, 2.75) is 25.4 Å². The molecule has 1 amide bonds. The van der Waals surface area contributed by atoms with Gasteiger partial charge in [-0.1, -0.05) is 30.3 Å². The predicted octanol–water partition coefficient (Wildman–Crippen LogP) is 2.47. The summed E-state index contributed by atoms with van der Waals surface area (Å²) in [6.45, 7) is 2.41. The molecule has 1 aliphatic rings. The molecule has 4 rings (SSSR count). The molecule has 0 bridgehead atoms. The van der Waals surface area contributed by atoms with Crippen molar-refractivity contribution < 1.29 is 9.18 Å². The van der Waals surface area contributed by atoms with Crippen molar-refractivity contribution in [3.05, 3.63) is 60.6 Å². The van der Waals surface area contributed by atoms with E-state index < -0.39 is 6.17 Å². The lowest BCUT2D eigenvalue weighted by Gasteiger charge is -2.30. The summed E-state index contributed by atoms with van der Waals surface area (Å²) in [5.41, 5.74) is 7.93. The molecule has 3 aromatic rings. The summed E-state index contributed by atoms with van der Waals surface area (Å²) in [6.07, 6.45) is 4.03. The topological polar surface area (TPSA) is 101 Å². The second-order valence-corrected chi connectivity index (χ2v) is 7.75. The van der Waals surface area contributed by atoms with Crippen LogP contribution >= 0.6 is 0 Å². The van der Waals surface area contributed by atoms with E-state index in [0.717, 1.165) is 23.5 Å². The van der Waals surface area contributed by atoms with Crippen LogP contribution in [-0.2, 0) is 0 Å². The molecular formula is C23H28FN7O. The SMILES string of the molecule is N/C=C\NCCCNC(=O)c1cc2nc(-c3ccccc3)cc(N3CCC(F)CC3)n2n1. The van der Waals surface area contributed by atoms with E-state index >= 15 is 0 Å². The van der Waals surface area contributed by atoms with Crippen LogP contribution in [0.15, 0.2) is 54.9 Å². The summed E-state index contributed by atoms with van der Waals surface area (Å²) < 4.78 is 15.4. The number of piperidine rings is 1. The molecule has 3 heterocycles. The van der Waals surface area contributed by atoms with Crippen LogP contribution in [0.2, 0.25) is 0 Å². The summed E-state index contributed by atoms with van der Waals surface area (Å²) in [5, 5.41) is 10.4. The number of carbonyl (C=O) groups is 1. The number of fused-ring (bicyclic) bond motifs is 1. The maximum Gasteiger partial charge on any atom is 0.271 e. The Hall–Kier alpha value is -3.62.